The van der Waals surface area contributed by atoms with Gasteiger partial charge in [-0.2, -0.15) is 10.4 Å². The number of benzene rings is 1. The average molecular weight is 158 g/mol. The average Bonchev–Trinajstić information content (AvgIpc) is 2.52. The van der Waals surface area contributed by atoms with Crippen molar-refractivity contribution in [1.82, 2.24) is 10.2 Å². The van der Waals surface area contributed by atoms with E-state index in [1.165, 1.54) is 0 Å². The minimum Gasteiger partial charge on any atom is -0.398 e. The molecular weight excluding hydrogens is 152 g/mol. The van der Waals surface area contributed by atoms with Gasteiger partial charge >= 0.3 is 0 Å². The number of aromatic amines is 1. The van der Waals surface area contributed by atoms with Gasteiger partial charge in [0.1, 0.15) is 0 Å². The van der Waals surface area contributed by atoms with E-state index >= 15 is 0 Å². The molecule has 58 valence electrons. The van der Waals surface area contributed by atoms with E-state index in [1.54, 1.807) is 18.3 Å². The number of fused-ring (bicyclic) bond motifs is 1. The van der Waals surface area contributed by atoms with Gasteiger partial charge in [-0.05, 0) is 12.1 Å². The molecule has 2 aromatic rings. The molecule has 0 radical (unpaired) electrons. The first-order chi connectivity index (χ1) is 5.81. The van der Waals surface area contributed by atoms with Gasteiger partial charge in [0, 0.05) is 11.1 Å². The van der Waals surface area contributed by atoms with Crippen LogP contribution in [0, 0.1) is 11.3 Å². The fourth-order valence-corrected chi connectivity index (χ4v) is 1.14. The predicted molar refractivity (Wildman–Crippen MR) is 45.2 cm³/mol. The zero-order valence-corrected chi connectivity index (χ0v) is 6.20. The van der Waals surface area contributed by atoms with Crippen molar-refractivity contribution >= 4 is 16.6 Å². The van der Waals surface area contributed by atoms with Crippen LogP contribution in [-0.4, -0.2) is 10.2 Å². The summed E-state index contributed by atoms with van der Waals surface area (Å²) in [5, 5.41) is 16.1. The number of aromatic nitrogens is 2. The van der Waals surface area contributed by atoms with E-state index in [9.17, 15) is 0 Å². The monoisotopic (exact) mass is 158 g/mol. The van der Waals surface area contributed by atoms with Crippen molar-refractivity contribution in [3.05, 3.63) is 23.9 Å². The van der Waals surface area contributed by atoms with E-state index in [1.807, 2.05) is 6.07 Å². The predicted octanol–water partition coefficient (Wildman–Crippen LogP) is 1.02. The molecular formula is C8H6N4. The molecule has 0 saturated heterocycles. The Bertz CT molecular complexity index is 463. The zero-order chi connectivity index (χ0) is 8.55. The Morgan fingerprint density at radius 3 is 3.08 bits per heavy atom. The summed E-state index contributed by atoms with van der Waals surface area (Å²) in [6, 6.07) is 5.38. The smallest absolute Gasteiger partial charge is 0.0993 e. The fourth-order valence-electron chi connectivity index (χ4n) is 1.14. The number of nitrogen functional groups attached to an aromatic ring is 1. The van der Waals surface area contributed by atoms with Crippen molar-refractivity contribution in [3.8, 4) is 6.07 Å². The van der Waals surface area contributed by atoms with Crippen molar-refractivity contribution in [2.24, 2.45) is 0 Å². The second-order valence-corrected chi connectivity index (χ2v) is 2.51. The van der Waals surface area contributed by atoms with Crippen LogP contribution in [0.15, 0.2) is 18.3 Å². The lowest BCUT2D eigenvalue weighted by molar-refractivity contribution is 1.12. The highest BCUT2D eigenvalue weighted by molar-refractivity contribution is 5.90. The number of nitriles is 1. The van der Waals surface area contributed by atoms with Crippen LogP contribution in [0.4, 0.5) is 5.69 Å². The number of anilines is 1. The Balaban J connectivity index is 2.86. The maximum atomic E-state index is 8.62. The molecule has 4 heteroatoms. The fraction of sp³-hybridized carbons (Fsp3) is 0. The zero-order valence-electron chi connectivity index (χ0n) is 6.20. The van der Waals surface area contributed by atoms with Crippen molar-refractivity contribution in [1.29, 1.82) is 5.26 Å². The quantitative estimate of drug-likeness (QED) is 0.562. The molecule has 1 aromatic heterocycles. The third-order valence-corrected chi connectivity index (χ3v) is 1.72. The number of hydrogen-bond donors (Lipinski definition) is 2. The summed E-state index contributed by atoms with van der Waals surface area (Å²) in [5.41, 5.74) is 7.59. The number of nitrogens with one attached hydrogen (secondary N) is 1. The van der Waals surface area contributed by atoms with Crippen LogP contribution in [-0.2, 0) is 0 Å². The highest BCUT2D eigenvalue weighted by atomic mass is 15.1. The summed E-state index contributed by atoms with van der Waals surface area (Å²) < 4.78 is 0. The third-order valence-electron chi connectivity index (χ3n) is 1.72. The van der Waals surface area contributed by atoms with Gasteiger partial charge < -0.3 is 5.73 Å². The molecule has 0 atom stereocenters. The Labute approximate surface area is 68.6 Å². The molecule has 0 aliphatic carbocycles. The Morgan fingerprint density at radius 2 is 2.33 bits per heavy atom. The van der Waals surface area contributed by atoms with Crippen LogP contribution >= 0.6 is 0 Å². The minimum atomic E-state index is 0.546. The normalized spacial score (nSPS) is 9.92. The van der Waals surface area contributed by atoms with Gasteiger partial charge in [0.15, 0.2) is 0 Å². The first-order valence-corrected chi connectivity index (χ1v) is 3.44. The van der Waals surface area contributed by atoms with Gasteiger partial charge in [0.05, 0.1) is 23.3 Å². The largest absolute Gasteiger partial charge is 0.398 e. The van der Waals surface area contributed by atoms with Crippen molar-refractivity contribution in [2.75, 3.05) is 5.73 Å². The van der Waals surface area contributed by atoms with Crippen molar-refractivity contribution in [3.63, 3.8) is 0 Å². The number of hydrogen-bond acceptors (Lipinski definition) is 3. The second kappa shape index (κ2) is 2.24. The first kappa shape index (κ1) is 6.68. The second-order valence-electron chi connectivity index (χ2n) is 2.51. The van der Waals surface area contributed by atoms with Gasteiger partial charge in [0.25, 0.3) is 0 Å². The molecule has 0 aliphatic rings. The van der Waals surface area contributed by atoms with Crippen LogP contribution in [0.1, 0.15) is 5.56 Å². The maximum absolute atomic E-state index is 8.62. The minimum absolute atomic E-state index is 0.546. The van der Waals surface area contributed by atoms with E-state index in [4.69, 9.17) is 11.0 Å². The van der Waals surface area contributed by atoms with Crippen LogP contribution < -0.4 is 5.73 Å². The lowest BCUT2D eigenvalue weighted by Crippen LogP contribution is -1.86. The summed E-state index contributed by atoms with van der Waals surface area (Å²) in [7, 11) is 0. The molecule has 3 N–H and O–H groups in total. The molecule has 0 fully saturated rings. The summed E-state index contributed by atoms with van der Waals surface area (Å²) in [6.45, 7) is 0. The lowest BCUT2D eigenvalue weighted by Gasteiger charge is -1.94. The third kappa shape index (κ3) is 0.805. The Hall–Kier alpha value is -2.02. The van der Waals surface area contributed by atoms with E-state index in [2.05, 4.69) is 10.2 Å². The molecule has 1 aromatic carbocycles. The van der Waals surface area contributed by atoms with Gasteiger partial charge in [0.2, 0.25) is 0 Å². The number of rotatable bonds is 0. The highest BCUT2D eigenvalue weighted by Gasteiger charge is 2.01. The van der Waals surface area contributed by atoms with E-state index in [0.29, 0.717) is 11.3 Å². The van der Waals surface area contributed by atoms with Gasteiger partial charge in [-0.25, -0.2) is 0 Å². The van der Waals surface area contributed by atoms with E-state index in [-0.39, 0.29) is 0 Å². The molecule has 1 heterocycles. The van der Waals surface area contributed by atoms with Gasteiger partial charge in [-0.15, -0.1) is 0 Å². The van der Waals surface area contributed by atoms with Crippen LogP contribution in [0.25, 0.3) is 10.9 Å². The molecule has 2 rings (SSSR count). The van der Waals surface area contributed by atoms with Crippen LogP contribution in [0.2, 0.25) is 0 Å². The summed E-state index contributed by atoms with van der Waals surface area (Å²) in [4.78, 5) is 0. The Morgan fingerprint density at radius 1 is 1.50 bits per heavy atom. The SMILES string of the molecule is N#Cc1cc(N)c2cn[nH]c2c1. The molecule has 0 spiro atoms. The number of nitrogens with zero attached hydrogens (tertiary/aromatic N) is 2. The maximum Gasteiger partial charge on any atom is 0.0993 e. The van der Waals surface area contributed by atoms with Gasteiger partial charge in [-0.3, -0.25) is 5.10 Å². The van der Waals surface area contributed by atoms with Crippen LogP contribution in [0.3, 0.4) is 0 Å². The molecule has 0 aliphatic heterocycles. The lowest BCUT2D eigenvalue weighted by atomic mass is 10.1. The summed E-state index contributed by atoms with van der Waals surface area (Å²) >= 11 is 0. The molecule has 0 bridgehead atoms. The van der Waals surface area contributed by atoms with E-state index < -0.39 is 0 Å². The van der Waals surface area contributed by atoms with Crippen molar-refractivity contribution in [2.45, 2.75) is 0 Å². The first-order valence-electron chi connectivity index (χ1n) is 3.44. The summed E-state index contributed by atoms with van der Waals surface area (Å²) in [6.07, 6.45) is 1.64. The molecule has 12 heavy (non-hydrogen) atoms. The number of H-pyrrole nitrogens is 1. The Kier molecular flexibility index (Phi) is 1.25. The van der Waals surface area contributed by atoms with Crippen molar-refractivity contribution < 1.29 is 0 Å². The molecule has 0 saturated carbocycles. The summed E-state index contributed by atoms with van der Waals surface area (Å²) in [5.74, 6) is 0. The molecule has 0 amide bonds. The van der Waals surface area contributed by atoms with E-state index in [0.717, 1.165) is 10.9 Å². The van der Waals surface area contributed by atoms with Gasteiger partial charge in [-0.1, -0.05) is 0 Å². The topological polar surface area (TPSA) is 78.5 Å². The molecule has 0 unspecified atom stereocenters. The highest BCUT2D eigenvalue weighted by Crippen LogP contribution is 2.19. The standard InChI is InChI=1S/C8H6N4/c9-3-5-1-7(10)6-4-11-12-8(6)2-5/h1-2,4H,10H2,(H,11,12). The van der Waals surface area contributed by atoms with Crippen LogP contribution in [0.5, 0.6) is 0 Å². The number of nitrogens with two attached hydrogens (primary N) is 1. The molecule has 4 nitrogen and oxygen atoms in total.